The number of H-pyrrole nitrogens is 1. The van der Waals surface area contributed by atoms with Crippen LogP contribution >= 0.6 is 0 Å². The minimum absolute atomic E-state index is 0.0566. The summed E-state index contributed by atoms with van der Waals surface area (Å²) in [5.74, 6) is 2.65. The number of para-hydroxylation sites is 1. The van der Waals surface area contributed by atoms with Gasteiger partial charge in [0.1, 0.15) is 5.78 Å². The zero-order valence-corrected chi connectivity index (χ0v) is 23.7. The fraction of sp³-hybridized carbons (Fsp3) is 0.606. The van der Waals surface area contributed by atoms with Gasteiger partial charge in [0.05, 0.1) is 5.71 Å². The van der Waals surface area contributed by atoms with E-state index in [0.717, 1.165) is 54.9 Å². The van der Waals surface area contributed by atoms with Gasteiger partial charge in [-0.2, -0.15) is 0 Å². The Morgan fingerprint density at radius 3 is 2.74 bits per heavy atom. The molecule has 1 aromatic carbocycles. The number of amides is 1. The molecule has 6 nitrogen and oxygen atoms in total. The molecule has 6 heteroatoms. The maximum atomic E-state index is 12.4. The third-order valence-electron chi connectivity index (χ3n) is 11.1. The maximum Gasteiger partial charge on any atom is 0.260 e. The Morgan fingerprint density at radius 2 is 1.92 bits per heavy atom. The van der Waals surface area contributed by atoms with Crippen molar-refractivity contribution >= 4 is 28.3 Å². The van der Waals surface area contributed by atoms with Crippen LogP contribution in [0.1, 0.15) is 77.8 Å². The molecule has 3 saturated carbocycles. The first-order valence-corrected chi connectivity index (χ1v) is 15.0. The molecule has 4 aliphatic rings. The van der Waals surface area contributed by atoms with Crippen LogP contribution in [0.3, 0.4) is 0 Å². The predicted molar refractivity (Wildman–Crippen MR) is 154 cm³/mol. The second kappa shape index (κ2) is 10.3. The molecular weight excluding hydrogens is 486 g/mol. The minimum atomic E-state index is -0.144. The number of carbonyl (C=O) groups excluding carboxylic acids is 2. The Morgan fingerprint density at radius 1 is 1.08 bits per heavy atom. The third-order valence-corrected chi connectivity index (χ3v) is 11.1. The van der Waals surface area contributed by atoms with Crippen molar-refractivity contribution in [2.75, 3.05) is 13.2 Å². The van der Waals surface area contributed by atoms with Gasteiger partial charge in [-0.15, -0.1) is 0 Å². The van der Waals surface area contributed by atoms with Crippen LogP contribution in [0.25, 0.3) is 10.9 Å². The highest BCUT2D eigenvalue weighted by Gasteiger charge is 2.59. The lowest BCUT2D eigenvalue weighted by Crippen LogP contribution is -2.51. The topological polar surface area (TPSA) is 83.5 Å². The normalized spacial score (nSPS) is 34.6. The van der Waals surface area contributed by atoms with Gasteiger partial charge in [-0.1, -0.05) is 42.8 Å². The molecule has 0 bridgehead atoms. The second-order valence-electron chi connectivity index (χ2n) is 13.1. The molecule has 39 heavy (non-hydrogen) atoms. The summed E-state index contributed by atoms with van der Waals surface area (Å²) in [6.45, 7) is 7.21. The lowest BCUT2D eigenvalue weighted by molar-refractivity contribution is -0.128. The molecule has 1 heterocycles. The molecule has 0 aliphatic heterocycles. The lowest BCUT2D eigenvalue weighted by atomic mass is 9.46. The number of oxime groups is 1. The highest BCUT2D eigenvalue weighted by molar-refractivity contribution is 5.96. The fourth-order valence-corrected chi connectivity index (χ4v) is 9.14. The number of Topliss-reactive ketones (excluding diaryl/α,β-unsaturated/α-hetero) is 1. The molecule has 2 N–H and O–H groups in total. The lowest BCUT2D eigenvalue weighted by Gasteiger charge is -2.58. The summed E-state index contributed by atoms with van der Waals surface area (Å²) in [6, 6.07) is 10.3. The van der Waals surface area contributed by atoms with E-state index in [1.54, 1.807) is 0 Å². The zero-order valence-electron chi connectivity index (χ0n) is 23.7. The van der Waals surface area contributed by atoms with Crippen molar-refractivity contribution in [2.45, 2.75) is 78.6 Å². The van der Waals surface area contributed by atoms with Crippen LogP contribution < -0.4 is 5.32 Å². The predicted octanol–water partition coefficient (Wildman–Crippen LogP) is 6.37. The van der Waals surface area contributed by atoms with E-state index in [2.05, 4.69) is 53.6 Å². The average molecular weight is 530 g/mol. The number of nitrogens with one attached hydrogen (secondary N) is 2. The number of fused-ring (bicyclic) bond motifs is 6. The number of hydrogen-bond donors (Lipinski definition) is 2. The smallest absolute Gasteiger partial charge is 0.260 e. The van der Waals surface area contributed by atoms with Gasteiger partial charge in [-0.05, 0) is 110 Å². The van der Waals surface area contributed by atoms with Gasteiger partial charge < -0.3 is 15.1 Å². The fourth-order valence-electron chi connectivity index (χ4n) is 9.14. The van der Waals surface area contributed by atoms with Gasteiger partial charge in [0.2, 0.25) is 0 Å². The second-order valence-corrected chi connectivity index (χ2v) is 13.1. The highest BCUT2D eigenvalue weighted by atomic mass is 16.6. The van der Waals surface area contributed by atoms with Gasteiger partial charge in [-0.25, -0.2) is 0 Å². The SMILES string of the molecule is CC(=O)[C@@H]1CC[C@@H]2[C@@H]3CCC4=CC(=NOCC(=O)NCCc5cc6ccccc6[nH]5)CC[C@]4(C)[C@H]3CC[C@@]21C. The Hall–Kier alpha value is -2.89. The van der Waals surface area contributed by atoms with Gasteiger partial charge in [0, 0.05) is 30.1 Å². The molecule has 4 aliphatic carbocycles. The average Bonchev–Trinajstić information content (AvgIpc) is 3.49. The number of benzene rings is 1. The van der Waals surface area contributed by atoms with Crippen LogP contribution in [0.5, 0.6) is 0 Å². The first-order valence-electron chi connectivity index (χ1n) is 15.0. The largest absolute Gasteiger partial charge is 0.385 e. The summed E-state index contributed by atoms with van der Waals surface area (Å²) >= 11 is 0. The van der Waals surface area contributed by atoms with Gasteiger partial charge in [0.25, 0.3) is 5.91 Å². The molecule has 2 aromatic rings. The van der Waals surface area contributed by atoms with E-state index in [4.69, 9.17) is 4.84 Å². The number of nitrogens with zero attached hydrogens (tertiary/aromatic N) is 1. The van der Waals surface area contributed by atoms with Crippen molar-refractivity contribution in [2.24, 2.45) is 39.7 Å². The minimum Gasteiger partial charge on any atom is -0.385 e. The highest BCUT2D eigenvalue weighted by Crippen LogP contribution is 2.66. The maximum absolute atomic E-state index is 12.4. The van der Waals surface area contributed by atoms with E-state index in [0.29, 0.717) is 24.2 Å². The summed E-state index contributed by atoms with van der Waals surface area (Å²) in [4.78, 5) is 33.6. The van der Waals surface area contributed by atoms with Crippen LogP contribution in [0.15, 0.2) is 47.1 Å². The Kier molecular flexibility index (Phi) is 6.93. The zero-order chi connectivity index (χ0) is 27.2. The summed E-state index contributed by atoms with van der Waals surface area (Å²) in [5, 5.41) is 8.50. The van der Waals surface area contributed by atoms with Crippen LogP contribution in [0, 0.1) is 34.5 Å². The molecule has 0 radical (unpaired) electrons. The summed E-state index contributed by atoms with van der Waals surface area (Å²) in [5.41, 5.74) is 5.13. The number of rotatable bonds is 7. The van der Waals surface area contributed by atoms with Crippen LogP contribution in [-0.4, -0.2) is 35.5 Å². The van der Waals surface area contributed by atoms with Crippen molar-refractivity contribution in [3.05, 3.63) is 47.7 Å². The first kappa shape index (κ1) is 26.3. The van der Waals surface area contributed by atoms with E-state index in [1.807, 2.05) is 19.1 Å². The Bertz CT molecular complexity index is 1290. The van der Waals surface area contributed by atoms with Crippen molar-refractivity contribution in [1.29, 1.82) is 0 Å². The molecule has 0 spiro atoms. The Balaban J connectivity index is 1.02. The number of allylic oxidation sites excluding steroid dienone is 2. The van der Waals surface area contributed by atoms with Crippen molar-refractivity contribution in [3.63, 3.8) is 0 Å². The molecule has 6 atom stereocenters. The van der Waals surface area contributed by atoms with Crippen molar-refractivity contribution in [1.82, 2.24) is 10.3 Å². The standard InChI is InChI=1S/C33H43N3O3/c1-21(37)27-10-11-28-26-9-8-23-19-25(12-15-32(23,2)29(26)13-16-33(27,28)3)36-39-20-31(38)34-17-14-24-18-22-6-4-5-7-30(22)35-24/h4-7,18-19,26-29,35H,8-17,20H2,1-3H3,(H,34,38)/t26-,27-,28+,29-,32-,33+/m0/s1. The molecule has 1 amide bonds. The van der Waals surface area contributed by atoms with Gasteiger partial charge in [-0.3, -0.25) is 9.59 Å². The molecular formula is C33H43N3O3. The molecule has 3 fully saturated rings. The van der Waals surface area contributed by atoms with Crippen LogP contribution in [0.2, 0.25) is 0 Å². The molecule has 208 valence electrons. The molecule has 6 rings (SSSR count). The summed E-state index contributed by atoms with van der Waals surface area (Å²) in [7, 11) is 0. The van der Waals surface area contributed by atoms with E-state index in [1.165, 1.54) is 36.6 Å². The number of carbonyl (C=O) groups is 2. The van der Waals surface area contributed by atoms with Crippen LogP contribution in [0.4, 0.5) is 0 Å². The number of aromatic nitrogens is 1. The molecule has 1 aromatic heterocycles. The summed E-state index contributed by atoms with van der Waals surface area (Å²) < 4.78 is 0. The van der Waals surface area contributed by atoms with E-state index in [9.17, 15) is 9.59 Å². The van der Waals surface area contributed by atoms with Crippen molar-refractivity contribution < 1.29 is 14.4 Å². The number of aromatic amines is 1. The van der Waals surface area contributed by atoms with E-state index < -0.39 is 0 Å². The quantitative estimate of drug-likeness (QED) is 0.409. The van der Waals surface area contributed by atoms with Crippen LogP contribution in [-0.2, 0) is 20.8 Å². The van der Waals surface area contributed by atoms with Gasteiger partial charge >= 0.3 is 0 Å². The number of hydrogen-bond acceptors (Lipinski definition) is 4. The van der Waals surface area contributed by atoms with E-state index in [-0.39, 0.29) is 29.3 Å². The molecule has 0 unspecified atom stereocenters. The van der Waals surface area contributed by atoms with E-state index >= 15 is 0 Å². The third kappa shape index (κ3) is 4.74. The first-order chi connectivity index (χ1) is 18.8. The summed E-state index contributed by atoms with van der Waals surface area (Å²) in [6.07, 6.45) is 12.1. The molecule has 0 saturated heterocycles. The van der Waals surface area contributed by atoms with Gasteiger partial charge in [0.15, 0.2) is 6.61 Å². The Labute approximate surface area is 232 Å². The number of ketones is 1. The van der Waals surface area contributed by atoms with Crippen molar-refractivity contribution in [3.8, 4) is 0 Å². The monoisotopic (exact) mass is 529 g/mol.